The summed E-state index contributed by atoms with van der Waals surface area (Å²) < 4.78 is 11.1. The van der Waals surface area contributed by atoms with Gasteiger partial charge in [-0.2, -0.15) is 0 Å². The second kappa shape index (κ2) is 7.78. The molecule has 0 radical (unpaired) electrons. The second-order valence-electron chi connectivity index (χ2n) is 8.49. The predicted molar refractivity (Wildman–Crippen MR) is 109 cm³/mol. The standard InChI is InChI=1S/C24H28O4/c1-15(14-21(25)28-24(3,4)5)23(26)27-16(2)22-19-12-8-6-10-17(19)18-11-7-9-13-20(18)22/h6-13,15-16,22H,14H2,1-5H3/t15-,16?/m1/s1. The van der Waals surface area contributed by atoms with Crippen LogP contribution in [0.4, 0.5) is 0 Å². The fourth-order valence-electron chi connectivity index (χ4n) is 3.78. The van der Waals surface area contributed by atoms with Gasteiger partial charge in [0.15, 0.2) is 0 Å². The van der Waals surface area contributed by atoms with Gasteiger partial charge in [-0.3, -0.25) is 9.59 Å². The van der Waals surface area contributed by atoms with Gasteiger partial charge in [-0.1, -0.05) is 55.5 Å². The summed E-state index contributed by atoms with van der Waals surface area (Å²) in [4.78, 5) is 24.6. The summed E-state index contributed by atoms with van der Waals surface area (Å²) in [5.41, 5.74) is 4.15. The van der Waals surface area contributed by atoms with Crippen molar-refractivity contribution in [3.8, 4) is 11.1 Å². The zero-order chi connectivity index (χ0) is 20.5. The molecule has 1 unspecified atom stereocenters. The van der Waals surface area contributed by atoms with Crippen molar-refractivity contribution in [1.82, 2.24) is 0 Å². The third-order valence-corrected chi connectivity index (χ3v) is 4.95. The van der Waals surface area contributed by atoms with Crippen molar-refractivity contribution in [2.45, 2.75) is 58.7 Å². The number of fused-ring (bicyclic) bond motifs is 3. The summed E-state index contributed by atoms with van der Waals surface area (Å²) in [6, 6.07) is 16.5. The van der Waals surface area contributed by atoms with Gasteiger partial charge < -0.3 is 9.47 Å². The number of esters is 2. The highest BCUT2D eigenvalue weighted by Gasteiger charge is 2.35. The molecule has 0 aromatic heterocycles. The van der Waals surface area contributed by atoms with Crippen LogP contribution in [0.25, 0.3) is 11.1 Å². The minimum Gasteiger partial charge on any atom is -0.461 e. The van der Waals surface area contributed by atoms with Crippen LogP contribution in [-0.4, -0.2) is 23.6 Å². The van der Waals surface area contributed by atoms with Crippen LogP contribution in [0, 0.1) is 5.92 Å². The molecule has 0 saturated carbocycles. The fraction of sp³-hybridized carbons (Fsp3) is 0.417. The molecule has 0 spiro atoms. The molecule has 0 heterocycles. The highest BCUT2D eigenvalue weighted by molar-refractivity contribution is 5.81. The molecular formula is C24H28O4. The zero-order valence-electron chi connectivity index (χ0n) is 17.2. The van der Waals surface area contributed by atoms with Gasteiger partial charge in [0, 0.05) is 5.92 Å². The first-order valence-electron chi connectivity index (χ1n) is 9.78. The van der Waals surface area contributed by atoms with E-state index in [1.807, 2.05) is 52.0 Å². The maximum Gasteiger partial charge on any atom is 0.309 e. The van der Waals surface area contributed by atoms with Gasteiger partial charge in [0.1, 0.15) is 11.7 Å². The summed E-state index contributed by atoms with van der Waals surface area (Å²) in [6.45, 7) is 9.05. The van der Waals surface area contributed by atoms with Crippen LogP contribution in [0.3, 0.4) is 0 Å². The molecule has 0 bridgehead atoms. The van der Waals surface area contributed by atoms with E-state index in [0.717, 1.165) is 0 Å². The van der Waals surface area contributed by atoms with Crippen molar-refractivity contribution in [3.63, 3.8) is 0 Å². The average Bonchev–Trinajstić information content (AvgIpc) is 2.94. The Labute approximate surface area is 166 Å². The van der Waals surface area contributed by atoms with E-state index in [1.54, 1.807) is 6.92 Å². The van der Waals surface area contributed by atoms with E-state index in [1.165, 1.54) is 22.3 Å². The maximum absolute atomic E-state index is 12.6. The molecule has 3 rings (SSSR count). The van der Waals surface area contributed by atoms with E-state index in [2.05, 4.69) is 24.3 Å². The Morgan fingerprint density at radius 3 is 1.93 bits per heavy atom. The lowest BCUT2D eigenvalue weighted by Crippen LogP contribution is -2.29. The second-order valence-corrected chi connectivity index (χ2v) is 8.49. The van der Waals surface area contributed by atoms with Crippen LogP contribution in [0.5, 0.6) is 0 Å². The predicted octanol–water partition coefficient (Wildman–Crippen LogP) is 5.10. The molecule has 0 saturated heterocycles. The minimum absolute atomic E-state index is 0.00919. The third-order valence-electron chi connectivity index (χ3n) is 4.95. The number of ether oxygens (including phenoxy) is 2. The summed E-state index contributed by atoms with van der Waals surface area (Å²) in [7, 11) is 0. The van der Waals surface area contributed by atoms with Crippen LogP contribution in [0.2, 0.25) is 0 Å². The Kier molecular flexibility index (Phi) is 5.59. The topological polar surface area (TPSA) is 52.6 Å². The quantitative estimate of drug-likeness (QED) is 0.677. The number of carbonyl (C=O) groups is 2. The number of benzene rings is 2. The van der Waals surface area contributed by atoms with Gasteiger partial charge in [0.25, 0.3) is 0 Å². The molecule has 1 aliphatic rings. The van der Waals surface area contributed by atoms with Crippen molar-refractivity contribution < 1.29 is 19.1 Å². The van der Waals surface area contributed by atoms with Gasteiger partial charge >= 0.3 is 11.9 Å². The van der Waals surface area contributed by atoms with E-state index in [-0.39, 0.29) is 30.4 Å². The largest absolute Gasteiger partial charge is 0.461 e. The van der Waals surface area contributed by atoms with Crippen LogP contribution in [0.15, 0.2) is 48.5 Å². The van der Waals surface area contributed by atoms with Crippen molar-refractivity contribution >= 4 is 11.9 Å². The molecule has 28 heavy (non-hydrogen) atoms. The van der Waals surface area contributed by atoms with Crippen LogP contribution in [-0.2, 0) is 19.1 Å². The Balaban J connectivity index is 1.72. The molecular weight excluding hydrogens is 352 g/mol. The highest BCUT2D eigenvalue weighted by atomic mass is 16.6. The van der Waals surface area contributed by atoms with Crippen molar-refractivity contribution in [2.24, 2.45) is 5.92 Å². The summed E-state index contributed by atoms with van der Waals surface area (Å²) >= 11 is 0. The molecule has 0 aliphatic heterocycles. The van der Waals surface area contributed by atoms with E-state index in [9.17, 15) is 9.59 Å². The van der Waals surface area contributed by atoms with Gasteiger partial charge in [-0.05, 0) is 49.9 Å². The first kappa shape index (κ1) is 20.1. The van der Waals surface area contributed by atoms with Crippen LogP contribution >= 0.6 is 0 Å². The monoisotopic (exact) mass is 380 g/mol. The van der Waals surface area contributed by atoms with Gasteiger partial charge in [-0.15, -0.1) is 0 Å². The minimum atomic E-state index is -0.564. The van der Waals surface area contributed by atoms with Gasteiger partial charge in [-0.25, -0.2) is 0 Å². The smallest absolute Gasteiger partial charge is 0.309 e. The SMILES string of the molecule is CC(OC(=O)[C@H](C)CC(=O)OC(C)(C)C)C1c2ccccc2-c2ccccc21. The summed E-state index contributed by atoms with van der Waals surface area (Å²) in [6.07, 6.45) is -0.320. The number of hydrogen-bond donors (Lipinski definition) is 0. The molecule has 2 aromatic carbocycles. The average molecular weight is 380 g/mol. The Morgan fingerprint density at radius 2 is 1.43 bits per heavy atom. The molecule has 0 fully saturated rings. The lowest BCUT2D eigenvalue weighted by Gasteiger charge is -2.24. The molecule has 0 N–H and O–H groups in total. The molecule has 1 aliphatic carbocycles. The van der Waals surface area contributed by atoms with E-state index >= 15 is 0 Å². The van der Waals surface area contributed by atoms with Crippen molar-refractivity contribution in [1.29, 1.82) is 0 Å². The number of carbonyl (C=O) groups excluding carboxylic acids is 2. The third kappa shape index (κ3) is 4.27. The van der Waals surface area contributed by atoms with E-state index in [0.29, 0.717) is 0 Å². The molecule has 148 valence electrons. The Morgan fingerprint density at radius 1 is 0.929 bits per heavy atom. The lowest BCUT2D eigenvalue weighted by molar-refractivity contribution is -0.163. The van der Waals surface area contributed by atoms with Crippen molar-refractivity contribution in [3.05, 3.63) is 59.7 Å². The van der Waals surface area contributed by atoms with Gasteiger partial charge in [0.05, 0.1) is 12.3 Å². The number of hydrogen-bond acceptors (Lipinski definition) is 4. The van der Waals surface area contributed by atoms with E-state index in [4.69, 9.17) is 9.47 Å². The van der Waals surface area contributed by atoms with Crippen LogP contribution in [0.1, 0.15) is 58.1 Å². The first-order chi connectivity index (χ1) is 13.2. The number of rotatable bonds is 5. The summed E-state index contributed by atoms with van der Waals surface area (Å²) in [5.74, 6) is -1.32. The highest BCUT2D eigenvalue weighted by Crippen LogP contribution is 2.46. The zero-order valence-corrected chi connectivity index (χ0v) is 17.2. The Hall–Kier alpha value is -2.62. The molecule has 2 aromatic rings. The van der Waals surface area contributed by atoms with Gasteiger partial charge in [0.2, 0.25) is 0 Å². The van der Waals surface area contributed by atoms with Crippen LogP contribution < -0.4 is 0 Å². The molecule has 2 atom stereocenters. The molecule has 4 nitrogen and oxygen atoms in total. The molecule has 0 amide bonds. The summed E-state index contributed by atoms with van der Waals surface area (Å²) in [5, 5.41) is 0. The fourth-order valence-corrected chi connectivity index (χ4v) is 3.78. The normalized spacial score (nSPS) is 15.3. The van der Waals surface area contributed by atoms with Crippen molar-refractivity contribution in [2.75, 3.05) is 0 Å². The molecule has 4 heteroatoms. The van der Waals surface area contributed by atoms with E-state index < -0.39 is 11.5 Å². The lowest BCUT2D eigenvalue weighted by atomic mass is 9.92. The maximum atomic E-state index is 12.6. The first-order valence-corrected chi connectivity index (χ1v) is 9.78. The Bertz CT molecular complexity index is 833.